The molecule has 0 saturated heterocycles. The van der Waals surface area contributed by atoms with E-state index in [-0.39, 0.29) is 28.5 Å². The maximum Gasteiger partial charge on any atom is 0.337 e. The fourth-order valence-electron chi connectivity index (χ4n) is 12.8. The van der Waals surface area contributed by atoms with E-state index in [1.165, 1.54) is 107 Å². The third kappa shape index (κ3) is 6.06. The summed E-state index contributed by atoms with van der Waals surface area (Å²) < 4.78 is 7.45. The number of anilines is 5. The van der Waals surface area contributed by atoms with Gasteiger partial charge in [-0.05, 0) is 138 Å². The Morgan fingerprint density at radius 2 is 1.16 bits per heavy atom. The Morgan fingerprint density at radius 1 is 0.478 bits per heavy atom. The van der Waals surface area contributed by atoms with Gasteiger partial charge in [0.05, 0.1) is 5.69 Å². The molecule has 0 unspecified atom stereocenters. The summed E-state index contributed by atoms with van der Waals surface area (Å²) in [5, 5.41) is 1.14. The summed E-state index contributed by atoms with van der Waals surface area (Å²) in [5.74, 6) is 0.876. The van der Waals surface area contributed by atoms with E-state index in [0.717, 1.165) is 29.0 Å². The fraction of sp³-hybridized carbons (Fsp3) is 0.231. The number of para-hydroxylation sites is 1. The number of hydrogen-bond acceptors (Lipinski definition) is 3. The van der Waals surface area contributed by atoms with Crippen molar-refractivity contribution < 1.29 is 4.42 Å². The zero-order valence-electron chi connectivity index (χ0n) is 41.5. The standard InChI is InChI=1S/C65H59BN2O/c1-62(2,3)43-29-33-53(48(37-43)41-22-14-11-15-23-41)67-55-39-52-57(45-24-16-18-26-49(45)65(52,8)9)58-46-31-28-42(40-20-12-10-13-21-40)36-54(46)68(44-30-32-50-51(38-44)64(6,7)35-34-63(50,4)5)66(60(55)58)59-47-25-17-19-27-56(47)69-61(59)67/h10-33,36-39H,34-35H2,1-9H3. The number of furan rings is 1. The lowest BCUT2D eigenvalue weighted by atomic mass is 9.43. The van der Waals surface area contributed by atoms with E-state index in [4.69, 9.17) is 4.42 Å². The number of rotatable bonds is 4. The minimum absolute atomic E-state index is 0.0223. The van der Waals surface area contributed by atoms with Crippen molar-refractivity contribution in [2.75, 3.05) is 9.71 Å². The molecule has 3 nitrogen and oxygen atoms in total. The van der Waals surface area contributed by atoms with Crippen LogP contribution in [0.2, 0.25) is 0 Å². The molecule has 0 saturated carbocycles. The summed E-state index contributed by atoms with van der Waals surface area (Å²) in [7, 11) is 0. The minimum Gasteiger partial charge on any atom is -0.440 e. The maximum atomic E-state index is 7.45. The average molecular weight is 895 g/mol. The normalized spacial score (nSPS) is 16.6. The molecule has 0 N–H and O–H groups in total. The topological polar surface area (TPSA) is 19.6 Å². The van der Waals surface area contributed by atoms with Gasteiger partial charge in [0.2, 0.25) is 5.88 Å². The Hall–Kier alpha value is -7.04. The molecule has 2 aliphatic heterocycles. The predicted octanol–water partition coefficient (Wildman–Crippen LogP) is 16.4. The lowest BCUT2D eigenvalue weighted by molar-refractivity contribution is 0.332. The smallest absolute Gasteiger partial charge is 0.337 e. The van der Waals surface area contributed by atoms with Gasteiger partial charge in [0, 0.05) is 44.5 Å². The van der Waals surface area contributed by atoms with Crippen LogP contribution in [0.3, 0.4) is 0 Å². The van der Waals surface area contributed by atoms with Gasteiger partial charge in [-0.3, -0.25) is 4.90 Å². The monoisotopic (exact) mass is 894 g/mol. The second-order valence-electron chi connectivity index (χ2n) is 23.1. The molecule has 338 valence electrons. The molecule has 0 amide bonds. The molecular formula is C65H59BN2O. The molecule has 2 aliphatic carbocycles. The van der Waals surface area contributed by atoms with Crippen molar-refractivity contribution in [2.45, 2.75) is 96.8 Å². The van der Waals surface area contributed by atoms with Crippen LogP contribution in [0.25, 0.3) is 55.5 Å². The lowest BCUT2D eigenvalue weighted by Gasteiger charge is -2.47. The zero-order valence-corrected chi connectivity index (χ0v) is 41.5. The van der Waals surface area contributed by atoms with Crippen molar-refractivity contribution in [2.24, 2.45) is 0 Å². The molecule has 8 aromatic carbocycles. The number of hydrogen-bond donors (Lipinski definition) is 0. The molecule has 4 heteroatoms. The van der Waals surface area contributed by atoms with Gasteiger partial charge in [0.15, 0.2) is 0 Å². The first-order valence-electron chi connectivity index (χ1n) is 25.1. The summed E-state index contributed by atoms with van der Waals surface area (Å²) in [6, 6.07) is 64.3. The fourth-order valence-corrected chi connectivity index (χ4v) is 12.8. The van der Waals surface area contributed by atoms with E-state index in [9.17, 15) is 0 Å². The van der Waals surface area contributed by atoms with Crippen LogP contribution in [0, 0.1) is 0 Å². The van der Waals surface area contributed by atoms with Crippen LogP contribution in [0.15, 0.2) is 174 Å². The van der Waals surface area contributed by atoms with Crippen molar-refractivity contribution in [3.05, 3.63) is 198 Å². The molecule has 9 aromatic rings. The first-order valence-corrected chi connectivity index (χ1v) is 25.1. The molecular weight excluding hydrogens is 836 g/mol. The van der Waals surface area contributed by atoms with Crippen LogP contribution in [0.1, 0.15) is 103 Å². The number of fused-ring (bicyclic) bond motifs is 11. The summed E-state index contributed by atoms with van der Waals surface area (Å²) in [6.45, 7) is 21.3. The highest BCUT2D eigenvalue weighted by Gasteiger charge is 2.52. The molecule has 1 aromatic heterocycles. The van der Waals surface area contributed by atoms with Crippen LogP contribution < -0.4 is 20.6 Å². The molecule has 0 atom stereocenters. The van der Waals surface area contributed by atoms with Gasteiger partial charge in [0.1, 0.15) is 5.58 Å². The molecule has 69 heavy (non-hydrogen) atoms. The predicted molar refractivity (Wildman–Crippen MR) is 292 cm³/mol. The SMILES string of the molecule is CC(C)(C)c1ccc(N2c3cc4c(c5c3B(c3c2oc2ccccc32)N(c2ccc3c(c2)C(C)(C)CCC3(C)C)c2cc(-c3ccccc3)ccc2-5)-c2ccccc2C4(C)C)c(-c2ccccc2)c1. The largest absolute Gasteiger partial charge is 0.440 e. The number of benzene rings is 8. The highest BCUT2D eigenvalue weighted by molar-refractivity contribution is 6.95. The van der Waals surface area contributed by atoms with Crippen molar-refractivity contribution in [3.8, 4) is 44.5 Å². The molecule has 13 rings (SSSR count). The molecule has 0 fully saturated rings. The third-order valence-electron chi connectivity index (χ3n) is 16.7. The van der Waals surface area contributed by atoms with E-state index in [1.54, 1.807) is 0 Å². The van der Waals surface area contributed by atoms with Crippen molar-refractivity contribution in [3.63, 3.8) is 0 Å². The van der Waals surface area contributed by atoms with Gasteiger partial charge < -0.3 is 9.23 Å². The molecule has 0 bridgehead atoms. The van der Waals surface area contributed by atoms with E-state index in [1.807, 2.05) is 0 Å². The minimum atomic E-state index is -0.261. The Morgan fingerprint density at radius 3 is 1.91 bits per heavy atom. The van der Waals surface area contributed by atoms with Crippen LogP contribution >= 0.6 is 0 Å². The second kappa shape index (κ2) is 14.5. The van der Waals surface area contributed by atoms with E-state index < -0.39 is 0 Å². The van der Waals surface area contributed by atoms with Gasteiger partial charge in [-0.15, -0.1) is 0 Å². The van der Waals surface area contributed by atoms with E-state index in [2.05, 4.69) is 242 Å². The van der Waals surface area contributed by atoms with Gasteiger partial charge >= 0.3 is 6.85 Å². The Kier molecular flexibility index (Phi) is 8.85. The summed E-state index contributed by atoms with van der Waals surface area (Å²) in [4.78, 5) is 5.22. The van der Waals surface area contributed by atoms with Crippen LogP contribution in [0.5, 0.6) is 0 Å². The Bertz CT molecular complexity index is 3590. The lowest BCUT2D eigenvalue weighted by Crippen LogP contribution is -2.61. The summed E-state index contributed by atoms with van der Waals surface area (Å²) in [6.07, 6.45) is 2.32. The summed E-state index contributed by atoms with van der Waals surface area (Å²) >= 11 is 0. The molecule has 0 radical (unpaired) electrons. The highest BCUT2D eigenvalue weighted by Crippen LogP contribution is 2.59. The quantitative estimate of drug-likeness (QED) is 0.164. The van der Waals surface area contributed by atoms with Crippen molar-refractivity contribution in [1.82, 2.24) is 0 Å². The van der Waals surface area contributed by atoms with E-state index >= 15 is 0 Å². The second-order valence-corrected chi connectivity index (χ2v) is 23.1. The zero-order chi connectivity index (χ0) is 47.4. The highest BCUT2D eigenvalue weighted by atomic mass is 16.4. The van der Waals surface area contributed by atoms with Crippen LogP contribution in [-0.2, 0) is 21.7 Å². The van der Waals surface area contributed by atoms with Gasteiger partial charge in [-0.2, -0.15) is 0 Å². The van der Waals surface area contributed by atoms with Gasteiger partial charge in [-0.25, -0.2) is 0 Å². The molecule has 0 spiro atoms. The van der Waals surface area contributed by atoms with Crippen molar-refractivity contribution >= 4 is 57.4 Å². The first-order chi connectivity index (χ1) is 33.1. The van der Waals surface area contributed by atoms with Crippen LogP contribution in [-0.4, -0.2) is 6.85 Å². The first kappa shape index (κ1) is 42.1. The average Bonchev–Trinajstić information content (AvgIpc) is 3.84. The van der Waals surface area contributed by atoms with Crippen LogP contribution in [0.4, 0.5) is 28.6 Å². The van der Waals surface area contributed by atoms with Gasteiger partial charge in [0.25, 0.3) is 0 Å². The summed E-state index contributed by atoms with van der Waals surface area (Å²) in [5.41, 5.74) is 24.9. The molecule has 3 heterocycles. The Balaban J connectivity index is 1.21. The number of nitrogens with zero attached hydrogens (tertiary/aromatic N) is 2. The third-order valence-corrected chi connectivity index (χ3v) is 16.7. The van der Waals surface area contributed by atoms with Gasteiger partial charge in [-0.1, -0.05) is 190 Å². The molecule has 4 aliphatic rings. The maximum absolute atomic E-state index is 7.45. The Labute approximate surface area is 408 Å². The van der Waals surface area contributed by atoms with E-state index in [0.29, 0.717) is 0 Å². The van der Waals surface area contributed by atoms with Crippen molar-refractivity contribution in [1.29, 1.82) is 0 Å².